The van der Waals surface area contributed by atoms with Crippen molar-refractivity contribution in [2.75, 3.05) is 19.6 Å². The Morgan fingerprint density at radius 2 is 1.75 bits per heavy atom. The molecular formula is C10H21NO. The van der Waals surface area contributed by atoms with E-state index in [1.165, 1.54) is 38.8 Å². The third-order valence-electron chi connectivity index (χ3n) is 2.64. The van der Waals surface area contributed by atoms with Gasteiger partial charge in [-0.15, -0.1) is 0 Å². The fraction of sp³-hybridized carbons (Fsp3) is 1.00. The molecule has 1 heterocycles. The molecule has 2 nitrogen and oxygen atoms in total. The number of rotatable bonds is 3. The van der Waals surface area contributed by atoms with Gasteiger partial charge in [0.05, 0.1) is 6.10 Å². The minimum Gasteiger partial charge on any atom is -0.392 e. The Balaban J connectivity index is 2.20. The van der Waals surface area contributed by atoms with Gasteiger partial charge in [0.15, 0.2) is 0 Å². The Kier molecular flexibility index (Phi) is 4.62. The number of nitrogens with zero attached hydrogens (tertiary/aromatic N) is 1. The van der Waals surface area contributed by atoms with Gasteiger partial charge in [-0.25, -0.2) is 0 Å². The maximum atomic E-state index is 9.46. The molecule has 0 spiro atoms. The SMILES string of the molecule is CC[C@H](O)CN1CCCCCC1. The lowest BCUT2D eigenvalue weighted by Gasteiger charge is -2.22. The molecule has 1 fully saturated rings. The van der Waals surface area contributed by atoms with Crippen molar-refractivity contribution < 1.29 is 5.11 Å². The zero-order chi connectivity index (χ0) is 8.81. The van der Waals surface area contributed by atoms with E-state index in [4.69, 9.17) is 0 Å². The molecule has 0 radical (unpaired) electrons. The molecule has 0 aliphatic carbocycles. The van der Waals surface area contributed by atoms with Crippen molar-refractivity contribution in [3.8, 4) is 0 Å². The van der Waals surface area contributed by atoms with Crippen molar-refractivity contribution in [3.05, 3.63) is 0 Å². The third-order valence-corrected chi connectivity index (χ3v) is 2.64. The summed E-state index contributed by atoms with van der Waals surface area (Å²) in [7, 11) is 0. The lowest BCUT2D eigenvalue weighted by atomic mass is 10.2. The highest BCUT2D eigenvalue weighted by Gasteiger charge is 2.11. The zero-order valence-corrected chi connectivity index (χ0v) is 8.13. The first-order valence-corrected chi connectivity index (χ1v) is 5.23. The maximum Gasteiger partial charge on any atom is 0.0664 e. The van der Waals surface area contributed by atoms with Crippen molar-refractivity contribution in [3.63, 3.8) is 0 Å². The second kappa shape index (κ2) is 5.55. The number of aliphatic hydroxyl groups excluding tert-OH is 1. The van der Waals surface area contributed by atoms with Crippen LogP contribution >= 0.6 is 0 Å². The summed E-state index contributed by atoms with van der Waals surface area (Å²) < 4.78 is 0. The fourth-order valence-electron chi connectivity index (χ4n) is 1.75. The smallest absolute Gasteiger partial charge is 0.0664 e. The molecule has 0 saturated carbocycles. The summed E-state index contributed by atoms with van der Waals surface area (Å²) in [6.45, 7) is 5.31. The highest BCUT2D eigenvalue weighted by atomic mass is 16.3. The number of aliphatic hydroxyl groups is 1. The summed E-state index contributed by atoms with van der Waals surface area (Å²) in [5, 5.41) is 9.46. The number of hydrogen-bond donors (Lipinski definition) is 1. The summed E-state index contributed by atoms with van der Waals surface area (Å²) in [5.74, 6) is 0. The van der Waals surface area contributed by atoms with E-state index in [2.05, 4.69) is 4.90 Å². The van der Waals surface area contributed by atoms with Crippen molar-refractivity contribution >= 4 is 0 Å². The molecule has 1 rings (SSSR count). The van der Waals surface area contributed by atoms with Crippen LogP contribution in [0.25, 0.3) is 0 Å². The van der Waals surface area contributed by atoms with E-state index >= 15 is 0 Å². The first-order chi connectivity index (χ1) is 5.83. The molecule has 0 unspecified atom stereocenters. The summed E-state index contributed by atoms with van der Waals surface area (Å²) >= 11 is 0. The van der Waals surface area contributed by atoms with Crippen molar-refractivity contribution in [2.45, 2.75) is 45.1 Å². The molecule has 1 atom stereocenters. The van der Waals surface area contributed by atoms with E-state index in [1.54, 1.807) is 0 Å². The maximum absolute atomic E-state index is 9.46. The molecule has 0 aromatic heterocycles. The average molecular weight is 171 g/mol. The molecule has 72 valence electrons. The van der Waals surface area contributed by atoms with Crippen LogP contribution in [0.5, 0.6) is 0 Å². The van der Waals surface area contributed by atoms with Gasteiger partial charge >= 0.3 is 0 Å². The van der Waals surface area contributed by atoms with Crippen LogP contribution in [0.15, 0.2) is 0 Å². The number of likely N-dealkylation sites (tertiary alicyclic amines) is 1. The average Bonchev–Trinajstić information content (AvgIpc) is 2.33. The highest BCUT2D eigenvalue weighted by Crippen LogP contribution is 2.10. The van der Waals surface area contributed by atoms with Gasteiger partial charge in [-0.3, -0.25) is 0 Å². The standard InChI is InChI=1S/C10H21NO/c1-2-10(12)9-11-7-5-3-4-6-8-11/h10,12H,2-9H2,1H3/t10-/m0/s1. The molecule has 0 amide bonds. The van der Waals surface area contributed by atoms with Gasteiger partial charge in [0.1, 0.15) is 0 Å². The van der Waals surface area contributed by atoms with E-state index in [-0.39, 0.29) is 6.10 Å². The minimum atomic E-state index is -0.108. The Labute approximate surface area is 75.6 Å². The van der Waals surface area contributed by atoms with Gasteiger partial charge in [0.2, 0.25) is 0 Å². The fourth-order valence-corrected chi connectivity index (χ4v) is 1.75. The second-order valence-electron chi connectivity index (χ2n) is 3.78. The molecule has 0 bridgehead atoms. The summed E-state index contributed by atoms with van der Waals surface area (Å²) in [5.41, 5.74) is 0. The summed E-state index contributed by atoms with van der Waals surface area (Å²) in [6.07, 6.45) is 6.16. The predicted octanol–water partition coefficient (Wildman–Crippen LogP) is 1.63. The molecule has 1 aliphatic rings. The van der Waals surface area contributed by atoms with Gasteiger partial charge in [-0.2, -0.15) is 0 Å². The normalized spacial score (nSPS) is 23.5. The number of hydrogen-bond acceptors (Lipinski definition) is 2. The predicted molar refractivity (Wildman–Crippen MR) is 51.2 cm³/mol. The Bertz CT molecular complexity index is 108. The monoisotopic (exact) mass is 171 g/mol. The zero-order valence-electron chi connectivity index (χ0n) is 8.13. The Morgan fingerprint density at radius 1 is 1.17 bits per heavy atom. The largest absolute Gasteiger partial charge is 0.392 e. The topological polar surface area (TPSA) is 23.5 Å². The van der Waals surface area contributed by atoms with Crippen LogP contribution in [0.1, 0.15) is 39.0 Å². The first-order valence-electron chi connectivity index (χ1n) is 5.23. The molecule has 2 heteroatoms. The Morgan fingerprint density at radius 3 is 2.25 bits per heavy atom. The van der Waals surface area contributed by atoms with Crippen LogP contribution in [0.3, 0.4) is 0 Å². The van der Waals surface area contributed by atoms with Gasteiger partial charge in [-0.05, 0) is 32.4 Å². The molecular weight excluding hydrogens is 150 g/mol. The van der Waals surface area contributed by atoms with Crippen LogP contribution in [-0.2, 0) is 0 Å². The molecule has 12 heavy (non-hydrogen) atoms. The van der Waals surface area contributed by atoms with E-state index in [0.717, 1.165) is 13.0 Å². The van der Waals surface area contributed by atoms with Crippen molar-refractivity contribution in [2.24, 2.45) is 0 Å². The van der Waals surface area contributed by atoms with Gasteiger partial charge in [0, 0.05) is 6.54 Å². The van der Waals surface area contributed by atoms with E-state index < -0.39 is 0 Å². The summed E-state index contributed by atoms with van der Waals surface area (Å²) in [4.78, 5) is 2.40. The van der Waals surface area contributed by atoms with Gasteiger partial charge in [0.25, 0.3) is 0 Å². The highest BCUT2D eigenvalue weighted by molar-refractivity contribution is 4.66. The quantitative estimate of drug-likeness (QED) is 0.697. The molecule has 0 aromatic carbocycles. The van der Waals surface area contributed by atoms with Crippen molar-refractivity contribution in [1.82, 2.24) is 4.90 Å². The molecule has 1 N–H and O–H groups in total. The molecule has 1 aliphatic heterocycles. The van der Waals surface area contributed by atoms with Crippen LogP contribution in [0.4, 0.5) is 0 Å². The van der Waals surface area contributed by atoms with Crippen LogP contribution in [-0.4, -0.2) is 35.7 Å². The lowest BCUT2D eigenvalue weighted by Crippen LogP contribution is -2.32. The van der Waals surface area contributed by atoms with Crippen molar-refractivity contribution in [1.29, 1.82) is 0 Å². The molecule has 0 aromatic rings. The van der Waals surface area contributed by atoms with Gasteiger partial charge < -0.3 is 10.0 Å². The molecule has 1 saturated heterocycles. The second-order valence-corrected chi connectivity index (χ2v) is 3.78. The van der Waals surface area contributed by atoms with Crippen LogP contribution < -0.4 is 0 Å². The first kappa shape index (κ1) is 10.0. The summed E-state index contributed by atoms with van der Waals surface area (Å²) in [6, 6.07) is 0. The van der Waals surface area contributed by atoms with Crippen LogP contribution in [0, 0.1) is 0 Å². The van der Waals surface area contributed by atoms with E-state index in [1.807, 2.05) is 6.92 Å². The number of β-amino-alcohol motifs (C(OH)–C–C–N with tert-alkyl or cyclic N) is 1. The third kappa shape index (κ3) is 3.55. The van der Waals surface area contributed by atoms with Gasteiger partial charge in [-0.1, -0.05) is 19.8 Å². The van der Waals surface area contributed by atoms with Crippen LogP contribution in [0.2, 0.25) is 0 Å². The lowest BCUT2D eigenvalue weighted by molar-refractivity contribution is 0.111. The van der Waals surface area contributed by atoms with E-state index in [0.29, 0.717) is 0 Å². The van der Waals surface area contributed by atoms with E-state index in [9.17, 15) is 5.11 Å². The minimum absolute atomic E-state index is 0.108. The Hall–Kier alpha value is -0.0800.